The molecule has 1 amide bonds. The molecule has 5 heteroatoms. The van der Waals surface area contributed by atoms with Gasteiger partial charge in [-0.1, -0.05) is 55.5 Å². The van der Waals surface area contributed by atoms with Crippen molar-refractivity contribution in [2.45, 2.75) is 13.3 Å². The van der Waals surface area contributed by atoms with Crippen LogP contribution in [-0.4, -0.2) is 17.5 Å². The maximum atomic E-state index is 12.7. The smallest absolute Gasteiger partial charge is 0.255 e. The summed E-state index contributed by atoms with van der Waals surface area (Å²) in [5.41, 5.74) is 5.72. The fourth-order valence-electron chi connectivity index (χ4n) is 3.71. The quantitative estimate of drug-likeness (QED) is 0.286. The Morgan fingerprint density at radius 2 is 1.62 bits per heavy atom. The number of nitrogens with one attached hydrogen (secondary N) is 1. The van der Waals surface area contributed by atoms with Crippen LogP contribution in [0.4, 0.5) is 5.69 Å². The van der Waals surface area contributed by atoms with Crippen LogP contribution in [0.1, 0.15) is 23.7 Å². The predicted molar refractivity (Wildman–Crippen MR) is 135 cm³/mol. The van der Waals surface area contributed by atoms with Gasteiger partial charge in [-0.25, -0.2) is 4.98 Å². The van der Waals surface area contributed by atoms with Crippen LogP contribution in [0.25, 0.3) is 33.7 Å². The molecular weight excluding hydrogens is 424 g/mol. The van der Waals surface area contributed by atoms with Gasteiger partial charge in [0.2, 0.25) is 5.89 Å². The Morgan fingerprint density at radius 3 is 2.41 bits per heavy atom. The van der Waals surface area contributed by atoms with Gasteiger partial charge in [0.05, 0.1) is 6.61 Å². The molecule has 0 aliphatic heterocycles. The Hall–Kier alpha value is -4.38. The van der Waals surface area contributed by atoms with Crippen molar-refractivity contribution in [3.8, 4) is 28.3 Å². The average Bonchev–Trinajstić information content (AvgIpc) is 3.32. The fraction of sp³-hybridized carbons (Fsp3) is 0.103. The van der Waals surface area contributed by atoms with Gasteiger partial charge in [-0.3, -0.25) is 4.79 Å². The number of fused-ring (bicyclic) bond motifs is 1. The van der Waals surface area contributed by atoms with E-state index in [0.29, 0.717) is 40.6 Å². The normalized spacial score (nSPS) is 10.9. The molecule has 5 rings (SSSR count). The number of hydrogen-bond acceptors (Lipinski definition) is 4. The number of carbonyl (C=O) groups is 1. The van der Waals surface area contributed by atoms with E-state index in [1.165, 1.54) is 0 Å². The molecule has 0 aliphatic rings. The molecule has 0 atom stereocenters. The Bertz CT molecular complexity index is 1420. The molecule has 5 aromatic rings. The number of aromatic nitrogens is 1. The van der Waals surface area contributed by atoms with E-state index in [1.807, 2.05) is 67.6 Å². The number of benzene rings is 4. The number of rotatable bonds is 7. The first-order chi connectivity index (χ1) is 16.7. The van der Waals surface area contributed by atoms with E-state index < -0.39 is 0 Å². The third-order valence-corrected chi connectivity index (χ3v) is 5.45. The SMILES string of the molecule is CCCOc1cccc(C(=O)Nc2ccc3oc(-c4ccc(-c5ccccc5)cc4)nc3c2)c1. The van der Waals surface area contributed by atoms with Crippen LogP contribution in [0, 0.1) is 0 Å². The first-order valence-corrected chi connectivity index (χ1v) is 11.3. The summed E-state index contributed by atoms with van der Waals surface area (Å²) in [6.07, 6.45) is 0.910. The van der Waals surface area contributed by atoms with Gasteiger partial charge in [0.1, 0.15) is 11.3 Å². The van der Waals surface area contributed by atoms with E-state index in [-0.39, 0.29) is 5.91 Å². The molecular formula is C29H24N2O3. The molecule has 0 radical (unpaired) electrons. The molecule has 1 heterocycles. The van der Waals surface area contributed by atoms with Gasteiger partial charge in [0.25, 0.3) is 5.91 Å². The van der Waals surface area contributed by atoms with Crippen LogP contribution < -0.4 is 10.1 Å². The average molecular weight is 449 g/mol. The molecule has 168 valence electrons. The summed E-state index contributed by atoms with van der Waals surface area (Å²) in [6.45, 7) is 2.66. The molecule has 0 saturated heterocycles. The molecule has 0 aliphatic carbocycles. The summed E-state index contributed by atoms with van der Waals surface area (Å²) >= 11 is 0. The van der Waals surface area contributed by atoms with Crippen molar-refractivity contribution >= 4 is 22.7 Å². The van der Waals surface area contributed by atoms with Gasteiger partial charge in [0.15, 0.2) is 5.58 Å². The van der Waals surface area contributed by atoms with Crippen molar-refractivity contribution < 1.29 is 13.9 Å². The Kier molecular flexibility index (Phi) is 6.08. The lowest BCUT2D eigenvalue weighted by Crippen LogP contribution is -2.12. The van der Waals surface area contributed by atoms with Crippen LogP contribution >= 0.6 is 0 Å². The monoisotopic (exact) mass is 448 g/mol. The highest BCUT2D eigenvalue weighted by Crippen LogP contribution is 2.28. The molecule has 5 nitrogen and oxygen atoms in total. The van der Waals surface area contributed by atoms with Crippen molar-refractivity contribution in [1.82, 2.24) is 4.98 Å². The minimum absolute atomic E-state index is 0.207. The second kappa shape index (κ2) is 9.63. The molecule has 1 N–H and O–H groups in total. The number of ether oxygens (including phenoxy) is 1. The van der Waals surface area contributed by atoms with Crippen molar-refractivity contribution in [2.75, 3.05) is 11.9 Å². The summed E-state index contributed by atoms with van der Waals surface area (Å²) in [5, 5.41) is 2.93. The van der Waals surface area contributed by atoms with Gasteiger partial charge in [-0.15, -0.1) is 0 Å². The van der Waals surface area contributed by atoms with Crippen molar-refractivity contribution in [3.05, 3.63) is 103 Å². The van der Waals surface area contributed by atoms with E-state index in [2.05, 4.69) is 34.6 Å². The molecule has 0 saturated carbocycles. The molecule has 0 bridgehead atoms. The summed E-state index contributed by atoms with van der Waals surface area (Å²) < 4.78 is 11.6. The van der Waals surface area contributed by atoms with Gasteiger partial charge in [-0.05, 0) is 66.1 Å². The van der Waals surface area contributed by atoms with E-state index in [9.17, 15) is 4.79 Å². The topological polar surface area (TPSA) is 64.4 Å². The van der Waals surface area contributed by atoms with E-state index in [4.69, 9.17) is 9.15 Å². The van der Waals surface area contributed by atoms with E-state index in [0.717, 1.165) is 23.1 Å². The largest absolute Gasteiger partial charge is 0.494 e. The zero-order valence-corrected chi connectivity index (χ0v) is 18.8. The highest BCUT2D eigenvalue weighted by Gasteiger charge is 2.12. The number of anilines is 1. The Labute approximate surface area is 198 Å². The Morgan fingerprint density at radius 1 is 0.853 bits per heavy atom. The molecule has 1 aromatic heterocycles. The number of nitrogens with zero attached hydrogens (tertiary/aromatic N) is 1. The summed E-state index contributed by atoms with van der Waals surface area (Å²) in [4.78, 5) is 17.4. The highest BCUT2D eigenvalue weighted by atomic mass is 16.5. The van der Waals surface area contributed by atoms with Gasteiger partial charge in [0, 0.05) is 16.8 Å². The summed E-state index contributed by atoms with van der Waals surface area (Å²) in [6, 6.07) is 31.0. The molecule has 0 spiro atoms. The maximum Gasteiger partial charge on any atom is 0.255 e. The highest BCUT2D eigenvalue weighted by molar-refractivity contribution is 6.05. The summed E-state index contributed by atoms with van der Waals surface area (Å²) in [7, 11) is 0. The third-order valence-electron chi connectivity index (χ3n) is 5.45. The predicted octanol–water partition coefficient (Wildman–Crippen LogP) is 7.20. The number of amides is 1. The standard InChI is InChI=1S/C29H24N2O3/c1-2-17-33-25-10-6-9-23(18-25)28(32)30-24-15-16-27-26(19-24)31-29(34-27)22-13-11-21(12-14-22)20-7-4-3-5-8-20/h3-16,18-19H,2,17H2,1H3,(H,30,32). The maximum absolute atomic E-state index is 12.7. The zero-order chi connectivity index (χ0) is 23.3. The second-order valence-corrected chi connectivity index (χ2v) is 7.98. The van der Waals surface area contributed by atoms with Crippen molar-refractivity contribution in [1.29, 1.82) is 0 Å². The molecule has 34 heavy (non-hydrogen) atoms. The lowest BCUT2D eigenvalue weighted by Gasteiger charge is -2.08. The molecule has 0 unspecified atom stereocenters. The third kappa shape index (κ3) is 4.69. The first-order valence-electron chi connectivity index (χ1n) is 11.3. The fourth-order valence-corrected chi connectivity index (χ4v) is 3.71. The van der Waals surface area contributed by atoms with Crippen molar-refractivity contribution in [2.24, 2.45) is 0 Å². The second-order valence-electron chi connectivity index (χ2n) is 7.98. The van der Waals surface area contributed by atoms with Gasteiger partial charge < -0.3 is 14.5 Å². The van der Waals surface area contributed by atoms with Crippen LogP contribution in [0.5, 0.6) is 5.75 Å². The summed E-state index contributed by atoms with van der Waals surface area (Å²) in [5.74, 6) is 1.02. The van der Waals surface area contributed by atoms with E-state index >= 15 is 0 Å². The first kappa shape index (κ1) is 21.5. The number of carbonyl (C=O) groups excluding carboxylic acids is 1. The van der Waals surface area contributed by atoms with Crippen LogP contribution in [0.15, 0.2) is 101 Å². The van der Waals surface area contributed by atoms with Crippen molar-refractivity contribution in [3.63, 3.8) is 0 Å². The zero-order valence-electron chi connectivity index (χ0n) is 18.8. The van der Waals surface area contributed by atoms with Crippen LogP contribution in [0.3, 0.4) is 0 Å². The Balaban J connectivity index is 1.33. The van der Waals surface area contributed by atoms with Gasteiger partial charge in [-0.2, -0.15) is 0 Å². The minimum Gasteiger partial charge on any atom is -0.494 e. The van der Waals surface area contributed by atoms with E-state index in [1.54, 1.807) is 12.1 Å². The molecule has 4 aromatic carbocycles. The van der Waals surface area contributed by atoms with Gasteiger partial charge >= 0.3 is 0 Å². The van der Waals surface area contributed by atoms with Crippen LogP contribution in [0.2, 0.25) is 0 Å². The number of hydrogen-bond donors (Lipinski definition) is 1. The lowest BCUT2D eigenvalue weighted by molar-refractivity contribution is 0.102. The minimum atomic E-state index is -0.207. The molecule has 0 fully saturated rings. The number of oxazole rings is 1. The van der Waals surface area contributed by atoms with Crippen LogP contribution in [-0.2, 0) is 0 Å². The lowest BCUT2D eigenvalue weighted by atomic mass is 10.0.